The van der Waals surface area contributed by atoms with Gasteiger partial charge in [-0.3, -0.25) is 9.59 Å². The molecule has 0 unspecified atom stereocenters. The molecule has 0 aromatic heterocycles. The first-order chi connectivity index (χ1) is 9.06. The normalized spacial score (nSPS) is 14.1. The predicted octanol–water partition coefficient (Wildman–Crippen LogP) is 0.190. The minimum Gasteiger partial charge on any atom is -0.444 e. The molecule has 116 valence electrons. The highest BCUT2D eigenvalue weighted by molar-refractivity contribution is 7.80. The van der Waals surface area contributed by atoms with E-state index >= 15 is 0 Å². The van der Waals surface area contributed by atoms with Crippen LogP contribution < -0.4 is 16.4 Å². The molecule has 8 heteroatoms. The van der Waals surface area contributed by atoms with Crippen LogP contribution in [0.15, 0.2) is 0 Å². The van der Waals surface area contributed by atoms with Crippen molar-refractivity contribution in [3.8, 4) is 0 Å². The van der Waals surface area contributed by atoms with Gasteiger partial charge in [0.2, 0.25) is 11.8 Å². The number of thiol groups is 1. The van der Waals surface area contributed by atoms with Gasteiger partial charge in [-0.05, 0) is 39.9 Å². The Morgan fingerprint density at radius 2 is 1.80 bits per heavy atom. The van der Waals surface area contributed by atoms with Gasteiger partial charge >= 0.3 is 6.09 Å². The van der Waals surface area contributed by atoms with Gasteiger partial charge in [-0.2, -0.15) is 12.6 Å². The van der Waals surface area contributed by atoms with Crippen molar-refractivity contribution in [2.24, 2.45) is 5.73 Å². The fourth-order valence-corrected chi connectivity index (χ4v) is 1.49. The summed E-state index contributed by atoms with van der Waals surface area (Å²) in [4.78, 5) is 34.5. The Morgan fingerprint density at radius 1 is 1.25 bits per heavy atom. The van der Waals surface area contributed by atoms with Crippen LogP contribution in [0.2, 0.25) is 0 Å². The maximum absolute atomic E-state index is 11.9. The van der Waals surface area contributed by atoms with Crippen molar-refractivity contribution < 1.29 is 19.1 Å². The molecule has 0 saturated heterocycles. The summed E-state index contributed by atoms with van der Waals surface area (Å²) in [5.74, 6) is -0.768. The van der Waals surface area contributed by atoms with Gasteiger partial charge in [0.25, 0.3) is 0 Å². The first kappa shape index (κ1) is 18.6. The summed E-state index contributed by atoms with van der Waals surface area (Å²) >= 11 is 4.03. The number of nitrogens with one attached hydrogen (secondary N) is 2. The fraction of sp³-hybridized carbons (Fsp3) is 0.750. The molecule has 0 saturated carbocycles. The van der Waals surface area contributed by atoms with Crippen LogP contribution >= 0.6 is 12.6 Å². The number of alkyl carbamates (subject to hydrolysis) is 1. The molecular formula is C12H23N3O4S. The molecule has 4 N–H and O–H groups in total. The number of hydrogen-bond acceptors (Lipinski definition) is 5. The third-order valence-electron chi connectivity index (χ3n) is 2.21. The largest absolute Gasteiger partial charge is 0.444 e. The lowest BCUT2D eigenvalue weighted by molar-refractivity contribution is -0.128. The fourth-order valence-electron chi connectivity index (χ4n) is 1.23. The monoisotopic (exact) mass is 305 g/mol. The summed E-state index contributed by atoms with van der Waals surface area (Å²) in [5, 5.41) is 4.86. The van der Waals surface area contributed by atoms with Gasteiger partial charge in [-0.1, -0.05) is 0 Å². The molecule has 0 rings (SSSR count). The van der Waals surface area contributed by atoms with Crippen LogP contribution in [0.25, 0.3) is 0 Å². The van der Waals surface area contributed by atoms with Crippen LogP contribution in [0.4, 0.5) is 4.79 Å². The molecule has 0 spiro atoms. The van der Waals surface area contributed by atoms with Crippen LogP contribution in [0.5, 0.6) is 0 Å². The second-order valence-corrected chi connectivity index (χ2v) is 5.79. The highest BCUT2D eigenvalue weighted by Gasteiger charge is 2.25. The van der Waals surface area contributed by atoms with E-state index in [1.54, 1.807) is 20.8 Å². The van der Waals surface area contributed by atoms with E-state index in [1.807, 2.05) is 0 Å². The molecule has 2 atom stereocenters. The molecule has 0 aliphatic carbocycles. The molecule has 0 fully saturated rings. The average Bonchev–Trinajstić information content (AvgIpc) is 2.25. The third kappa shape index (κ3) is 7.88. The number of rotatable bonds is 6. The summed E-state index contributed by atoms with van der Waals surface area (Å²) in [7, 11) is 0. The standard InChI is InChI=1S/C12H23N3O4S/c1-7(9(13)16)14-10(17)8(5-6-20)15-11(18)19-12(2,3)4/h7-8,20H,5-6H2,1-4H3,(H2,13,16)(H,14,17)(H,15,18)/t7-,8-/m0/s1. The maximum Gasteiger partial charge on any atom is 0.408 e. The number of primary amides is 1. The maximum atomic E-state index is 11.9. The quantitative estimate of drug-likeness (QED) is 0.525. The van der Waals surface area contributed by atoms with E-state index in [0.717, 1.165) is 0 Å². The lowest BCUT2D eigenvalue weighted by atomic mass is 10.2. The Morgan fingerprint density at radius 3 is 2.20 bits per heavy atom. The number of amides is 3. The van der Waals surface area contributed by atoms with E-state index in [2.05, 4.69) is 23.3 Å². The van der Waals surface area contributed by atoms with Crippen LogP contribution in [-0.2, 0) is 14.3 Å². The highest BCUT2D eigenvalue weighted by atomic mass is 32.1. The van der Waals surface area contributed by atoms with Gasteiger partial charge < -0.3 is 21.1 Å². The lowest BCUT2D eigenvalue weighted by Gasteiger charge is -2.23. The zero-order valence-corrected chi connectivity index (χ0v) is 13.1. The third-order valence-corrected chi connectivity index (χ3v) is 2.47. The van der Waals surface area contributed by atoms with E-state index in [4.69, 9.17) is 10.5 Å². The van der Waals surface area contributed by atoms with Crippen molar-refractivity contribution in [3.63, 3.8) is 0 Å². The molecular weight excluding hydrogens is 282 g/mol. The van der Waals surface area contributed by atoms with Crippen molar-refractivity contribution in [1.29, 1.82) is 0 Å². The summed E-state index contributed by atoms with van der Waals surface area (Å²) in [6.07, 6.45) is -0.397. The number of nitrogens with two attached hydrogens (primary N) is 1. The van der Waals surface area contributed by atoms with E-state index in [-0.39, 0.29) is 0 Å². The average molecular weight is 305 g/mol. The summed E-state index contributed by atoms with van der Waals surface area (Å²) in [6, 6.07) is -1.64. The number of ether oxygens (including phenoxy) is 1. The van der Waals surface area contributed by atoms with Gasteiger partial charge in [0.05, 0.1) is 0 Å². The Bertz CT molecular complexity index is 368. The van der Waals surface area contributed by atoms with Crippen molar-refractivity contribution in [2.75, 3.05) is 5.75 Å². The topological polar surface area (TPSA) is 111 Å². The number of carbonyl (C=O) groups is 3. The van der Waals surface area contributed by atoms with E-state index in [9.17, 15) is 14.4 Å². The van der Waals surface area contributed by atoms with Crippen molar-refractivity contribution in [3.05, 3.63) is 0 Å². The zero-order valence-electron chi connectivity index (χ0n) is 12.2. The van der Waals surface area contributed by atoms with Gasteiger partial charge in [-0.25, -0.2) is 4.79 Å². The molecule has 20 heavy (non-hydrogen) atoms. The number of hydrogen-bond donors (Lipinski definition) is 4. The highest BCUT2D eigenvalue weighted by Crippen LogP contribution is 2.07. The summed E-state index contributed by atoms with van der Waals surface area (Å²) in [6.45, 7) is 6.62. The summed E-state index contributed by atoms with van der Waals surface area (Å²) < 4.78 is 5.07. The van der Waals surface area contributed by atoms with Crippen LogP contribution in [0, 0.1) is 0 Å². The zero-order chi connectivity index (χ0) is 15.9. The molecule has 0 heterocycles. The Kier molecular flexibility index (Phi) is 7.41. The van der Waals surface area contributed by atoms with Crippen molar-refractivity contribution in [2.45, 2.75) is 51.8 Å². The first-order valence-electron chi connectivity index (χ1n) is 6.27. The minimum absolute atomic E-state index is 0.305. The second-order valence-electron chi connectivity index (χ2n) is 5.34. The van der Waals surface area contributed by atoms with E-state index < -0.39 is 35.6 Å². The molecule has 0 aromatic rings. The molecule has 3 amide bonds. The van der Waals surface area contributed by atoms with Crippen LogP contribution in [0.1, 0.15) is 34.1 Å². The van der Waals surface area contributed by atoms with Gasteiger partial charge in [0, 0.05) is 0 Å². The van der Waals surface area contributed by atoms with E-state index in [1.165, 1.54) is 6.92 Å². The lowest BCUT2D eigenvalue weighted by Crippen LogP contribution is -2.52. The Hall–Kier alpha value is -1.44. The van der Waals surface area contributed by atoms with E-state index in [0.29, 0.717) is 12.2 Å². The molecule has 0 aliphatic rings. The second kappa shape index (κ2) is 7.98. The van der Waals surface area contributed by atoms with Gasteiger partial charge in [0.15, 0.2) is 0 Å². The van der Waals surface area contributed by atoms with Crippen LogP contribution in [-0.4, -0.2) is 41.3 Å². The summed E-state index contributed by atoms with van der Waals surface area (Å²) in [5.41, 5.74) is 4.40. The molecule has 0 radical (unpaired) electrons. The predicted molar refractivity (Wildman–Crippen MR) is 78.4 cm³/mol. The van der Waals surface area contributed by atoms with Crippen molar-refractivity contribution >= 4 is 30.5 Å². The smallest absolute Gasteiger partial charge is 0.408 e. The Labute approximate surface area is 124 Å². The Balaban J connectivity index is 4.59. The van der Waals surface area contributed by atoms with Gasteiger partial charge in [-0.15, -0.1) is 0 Å². The molecule has 7 nitrogen and oxygen atoms in total. The first-order valence-corrected chi connectivity index (χ1v) is 6.90. The minimum atomic E-state index is -0.829. The van der Waals surface area contributed by atoms with Crippen LogP contribution in [0.3, 0.4) is 0 Å². The molecule has 0 aliphatic heterocycles. The van der Waals surface area contributed by atoms with Gasteiger partial charge in [0.1, 0.15) is 17.7 Å². The number of carbonyl (C=O) groups excluding carboxylic acids is 3. The molecule has 0 bridgehead atoms. The SMILES string of the molecule is C[C@H](NC(=O)[C@H](CCS)NC(=O)OC(C)(C)C)C(N)=O. The molecule has 0 aromatic carbocycles. The van der Waals surface area contributed by atoms with Crippen molar-refractivity contribution in [1.82, 2.24) is 10.6 Å².